The first-order valence-corrected chi connectivity index (χ1v) is 10.3. The van der Waals surface area contributed by atoms with Gasteiger partial charge in [0.25, 0.3) is 0 Å². The van der Waals surface area contributed by atoms with E-state index in [-0.39, 0.29) is 23.7 Å². The number of ether oxygens (including phenoxy) is 1. The van der Waals surface area contributed by atoms with Gasteiger partial charge in [0.1, 0.15) is 11.6 Å². The SMILES string of the molecule is COC1CCN(c2nc(Nc3cc(C)[nH]n3)nc(NC(C)c3ncc(F)cc3F)n2)CC1. The second-order valence-corrected chi connectivity index (χ2v) is 7.65. The molecule has 1 aliphatic rings. The van der Waals surface area contributed by atoms with Crippen molar-refractivity contribution in [1.29, 1.82) is 0 Å². The normalized spacial score (nSPS) is 15.6. The maximum atomic E-state index is 14.2. The van der Waals surface area contributed by atoms with Crippen LogP contribution in [0.5, 0.6) is 0 Å². The van der Waals surface area contributed by atoms with E-state index in [0.29, 0.717) is 11.8 Å². The van der Waals surface area contributed by atoms with Gasteiger partial charge in [0.05, 0.1) is 24.0 Å². The number of nitrogens with zero attached hydrogens (tertiary/aromatic N) is 6. The highest BCUT2D eigenvalue weighted by atomic mass is 19.1. The first-order valence-electron chi connectivity index (χ1n) is 10.3. The van der Waals surface area contributed by atoms with E-state index in [1.807, 2.05) is 17.9 Å². The maximum absolute atomic E-state index is 14.2. The van der Waals surface area contributed by atoms with Crippen LogP contribution in [0.4, 0.5) is 32.4 Å². The lowest BCUT2D eigenvalue weighted by Crippen LogP contribution is -2.37. The quantitative estimate of drug-likeness (QED) is 0.504. The Kier molecular flexibility index (Phi) is 6.40. The molecule has 3 aromatic heterocycles. The van der Waals surface area contributed by atoms with Gasteiger partial charge in [-0.3, -0.25) is 10.1 Å². The van der Waals surface area contributed by atoms with Crippen molar-refractivity contribution >= 4 is 23.7 Å². The largest absolute Gasteiger partial charge is 0.381 e. The zero-order valence-corrected chi connectivity index (χ0v) is 18.1. The molecule has 0 bridgehead atoms. The van der Waals surface area contributed by atoms with E-state index in [1.54, 1.807) is 14.0 Å². The highest BCUT2D eigenvalue weighted by Gasteiger charge is 2.23. The van der Waals surface area contributed by atoms with Crippen LogP contribution in [0.3, 0.4) is 0 Å². The van der Waals surface area contributed by atoms with Crippen molar-refractivity contribution in [2.45, 2.75) is 38.8 Å². The minimum Gasteiger partial charge on any atom is -0.381 e. The molecule has 0 aromatic carbocycles. The number of rotatable bonds is 7. The van der Waals surface area contributed by atoms with Gasteiger partial charge in [-0.25, -0.2) is 8.78 Å². The summed E-state index contributed by atoms with van der Waals surface area (Å²) >= 11 is 0. The van der Waals surface area contributed by atoms with Crippen molar-refractivity contribution in [1.82, 2.24) is 30.1 Å². The van der Waals surface area contributed by atoms with Crippen LogP contribution in [0, 0.1) is 18.6 Å². The summed E-state index contributed by atoms with van der Waals surface area (Å²) in [6.45, 7) is 5.04. The summed E-state index contributed by atoms with van der Waals surface area (Å²) in [6, 6.07) is 2.01. The van der Waals surface area contributed by atoms with Crippen molar-refractivity contribution in [2.75, 3.05) is 35.7 Å². The molecule has 0 spiro atoms. The summed E-state index contributed by atoms with van der Waals surface area (Å²) in [5.74, 6) is 0.0798. The van der Waals surface area contributed by atoms with E-state index in [4.69, 9.17) is 4.74 Å². The number of hydrogen-bond acceptors (Lipinski definition) is 9. The molecule has 12 heteroatoms. The van der Waals surface area contributed by atoms with Gasteiger partial charge >= 0.3 is 0 Å². The molecule has 4 rings (SSSR count). The van der Waals surface area contributed by atoms with Gasteiger partial charge in [0.2, 0.25) is 17.8 Å². The summed E-state index contributed by atoms with van der Waals surface area (Å²) in [5, 5.41) is 13.1. The average Bonchev–Trinajstić information content (AvgIpc) is 3.18. The fourth-order valence-electron chi connectivity index (χ4n) is 3.52. The highest BCUT2D eigenvalue weighted by molar-refractivity contribution is 5.52. The summed E-state index contributed by atoms with van der Waals surface area (Å²) < 4.78 is 32.8. The van der Waals surface area contributed by atoms with Crippen LogP contribution in [0.25, 0.3) is 0 Å². The molecule has 3 N–H and O–H groups in total. The molecule has 0 radical (unpaired) electrons. The standard InChI is InChI=1S/C20H25F2N9O/c1-11-8-16(30-29-11)25-19-26-18(24-12(2)17-15(22)9-13(21)10-23-17)27-20(28-19)31-6-4-14(32-3)5-7-31/h8-10,12,14H,4-7H2,1-3H3,(H3,24,25,26,27,28,29,30). The molecule has 1 aliphatic heterocycles. The lowest BCUT2D eigenvalue weighted by atomic mass is 10.1. The molecule has 0 saturated carbocycles. The Bertz CT molecular complexity index is 1070. The molecule has 32 heavy (non-hydrogen) atoms. The Labute approximate surface area is 183 Å². The van der Waals surface area contributed by atoms with Gasteiger partial charge in [0.15, 0.2) is 5.82 Å². The lowest BCUT2D eigenvalue weighted by Gasteiger charge is -2.31. The molecule has 0 amide bonds. The predicted octanol–water partition coefficient (Wildman–Crippen LogP) is 3.11. The first kappa shape index (κ1) is 21.8. The molecule has 1 atom stereocenters. The third-order valence-electron chi connectivity index (χ3n) is 5.22. The van der Waals surface area contributed by atoms with Crippen LogP contribution in [-0.4, -0.2) is 56.4 Å². The number of methoxy groups -OCH3 is 1. The molecule has 4 heterocycles. The third-order valence-corrected chi connectivity index (χ3v) is 5.22. The number of halogens is 2. The smallest absolute Gasteiger partial charge is 0.235 e. The fraction of sp³-hybridized carbons (Fsp3) is 0.450. The van der Waals surface area contributed by atoms with Crippen LogP contribution >= 0.6 is 0 Å². The van der Waals surface area contributed by atoms with Crippen molar-refractivity contribution < 1.29 is 13.5 Å². The molecule has 3 aromatic rings. The first-order chi connectivity index (χ1) is 15.4. The van der Waals surface area contributed by atoms with E-state index >= 15 is 0 Å². The zero-order valence-electron chi connectivity index (χ0n) is 18.1. The Morgan fingerprint density at radius 3 is 2.56 bits per heavy atom. The molecule has 10 nitrogen and oxygen atoms in total. The van der Waals surface area contributed by atoms with Crippen molar-refractivity contribution in [2.24, 2.45) is 0 Å². The van der Waals surface area contributed by atoms with E-state index < -0.39 is 17.7 Å². The second kappa shape index (κ2) is 9.39. The van der Waals surface area contributed by atoms with Crippen molar-refractivity contribution in [3.63, 3.8) is 0 Å². The van der Waals surface area contributed by atoms with Gasteiger partial charge < -0.3 is 20.3 Å². The Morgan fingerprint density at radius 1 is 1.16 bits per heavy atom. The Morgan fingerprint density at radius 2 is 1.91 bits per heavy atom. The van der Waals surface area contributed by atoms with Crippen molar-refractivity contribution in [3.05, 3.63) is 41.4 Å². The minimum absolute atomic E-state index is 0.0618. The van der Waals surface area contributed by atoms with Crippen LogP contribution in [0.15, 0.2) is 18.3 Å². The number of nitrogens with one attached hydrogen (secondary N) is 3. The summed E-state index contributed by atoms with van der Waals surface area (Å²) in [4.78, 5) is 19.4. The number of piperidine rings is 1. The van der Waals surface area contributed by atoms with E-state index in [2.05, 4.69) is 40.8 Å². The summed E-state index contributed by atoms with van der Waals surface area (Å²) in [6.07, 6.45) is 2.89. The number of H-pyrrole nitrogens is 1. The van der Waals surface area contributed by atoms with Gasteiger partial charge in [-0.2, -0.15) is 20.1 Å². The van der Waals surface area contributed by atoms with Crippen LogP contribution < -0.4 is 15.5 Å². The zero-order chi connectivity index (χ0) is 22.7. The van der Waals surface area contributed by atoms with Gasteiger partial charge in [-0.05, 0) is 26.7 Å². The Hall–Kier alpha value is -3.41. The maximum Gasteiger partial charge on any atom is 0.235 e. The monoisotopic (exact) mass is 445 g/mol. The molecule has 0 aliphatic carbocycles. The average molecular weight is 445 g/mol. The Balaban J connectivity index is 1.60. The van der Waals surface area contributed by atoms with E-state index in [0.717, 1.165) is 43.9 Å². The molecule has 170 valence electrons. The van der Waals surface area contributed by atoms with Gasteiger partial charge in [-0.15, -0.1) is 0 Å². The summed E-state index contributed by atoms with van der Waals surface area (Å²) in [5.41, 5.74) is 0.944. The van der Waals surface area contributed by atoms with Gasteiger partial charge in [-0.1, -0.05) is 0 Å². The van der Waals surface area contributed by atoms with E-state index in [1.165, 1.54) is 0 Å². The number of anilines is 4. The third kappa shape index (κ3) is 5.07. The second-order valence-electron chi connectivity index (χ2n) is 7.65. The van der Waals surface area contributed by atoms with Crippen LogP contribution in [0.1, 0.15) is 37.2 Å². The number of aryl methyl sites for hydroxylation is 1. The molecule has 1 unspecified atom stereocenters. The van der Waals surface area contributed by atoms with Crippen molar-refractivity contribution in [3.8, 4) is 0 Å². The fourth-order valence-corrected chi connectivity index (χ4v) is 3.52. The minimum atomic E-state index is -0.744. The number of aromatic amines is 1. The molecular formula is C20H25F2N9O. The number of aromatic nitrogens is 6. The molecule has 1 fully saturated rings. The van der Waals surface area contributed by atoms with Crippen LogP contribution in [-0.2, 0) is 4.74 Å². The molecule has 1 saturated heterocycles. The lowest BCUT2D eigenvalue weighted by molar-refractivity contribution is 0.0816. The summed E-state index contributed by atoms with van der Waals surface area (Å²) in [7, 11) is 1.71. The van der Waals surface area contributed by atoms with Gasteiger partial charge in [0, 0.05) is 38.0 Å². The van der Waals surface area contributed by atoms with E-state index in [9.17, 15) is 8.78 Å². The topological polar surface area (TPSA) is 117 Å². The predicted molar refractivity (Wildman–Crippen MR) is 115 cm³/mol. The number of hydrogen-bond donors (Lipinski definition) is 3. The number of pyridine rings is 1. The highest BCUT2D eigenvalue weighted by Crippen LogP contribution is 2.24. The van der Waals surface area contributed by atoms with Crippen LogP contribution in [0.2, 0.25) is 0 Å². The molecular weight excluding hydrogens is 420 g/mol.